The second kappa shape index (κ2) is 9.07. The number of ether oxygens (including phenoxy) is 1. The Hall–Kier alpha value is -2.89. The average molecular weight is 389 g/mol. The van der Waals surface area contributed by atoms with E-state index in [1.807, 2.05) is 30.3 Å². The van der Waals surface area contributed by atoms with Gasteiger partial charge in [-0.3, -0.25) is 4.98 Å². The minimum Gasteiger partial charge on any atom is -0.455 e. The highest BCUT2D eigenvalue weighted by atomic mass is 16.5. The van der Waals surface area contributed by atoms with Crippen molar-refractivity contribution in [1.29, 1.82) is 0 Å². The van der Waals surface area contributed by atoms with E-state index in [2.05, 4.69) is 34.6 Å². The number of nitrogens with one attached hydrogen (secondary N) is 1. The number of aliphatic hydroxyl groups is 1. The number of aromatic nitrogens is 1. The molecule has 1 heterocycles. The molecule has 1 aromatic heterocycles. The van der Waals surface area contributed by atoms with Gasteiger partial charge < -0.3 is 20.9 Å². The van der Waals surface area contributed by atoms with Crippen LogP contribution in [0.15, 0.2) is 67.0 Å². The zero-order valence-electron chi connectivity index (χ0n) is 16.4. The van der Waals surface area contributed by atoms with Gasteiger partial charge in [0.1, 0.15) is 11.5 Å². The van der Waals surface area contributed by atoms with Crippen LogP contribution < -0.4 is 15.8 Å². The van der Waals surface area contributed by atoms with Gasteiger partial charge in [0.2, 0.25) is 0 Å². The number of pyridine rings is 1. The van der Waals surface area contributed by atoms with Crippen LogP contribution in [0.25, 0.3) is 11.1 Å². The van der Waals surface area contributed by atoms with Crippen molar-refractivity contribution < 1.29 is 9.84 Å². The summed E-state index contributed by atoms with van der Waals surface area (Å²) >= 11 is 0. The number of hydrogen-bond acceptors (Lipinski definition) is 5. The summed E-state index contributed by atoms with van der Waals surface area (Å²) < 4.78 is 6.09. The summed E-state index contributed by atoms with van der Waals surface area (Å²) in [7, 11) is 0. The van der Waals surface area contributed by atoms with Gasteiger partial charge in [0.05, 0.1) is 12.3 Å². The minimum atomic E-state index is -0.162. The smallest absolute Gasteiger partial charge is 0.145 e. The second-order valence-corrected chi connectivity index (χ2v) is 7.51. The monoisotopic (exact) mass is 389 g/mol. The lowest BCUT2D eigenvalue weighted by atomic mass is 9.92. The van der Waals surface area contributed by atoms with Crippen LogP contribution in [0.4, 0.5) is 5.69 Å². The van der Waals surface area contributed by atoms with Crippen molar-refractivity contribution in [1.82, 2.24) is 4.98 Å². The first kappa shape index (κ1) is 19.4. The van der Waals surface area contributed by atoms with E-state index in [9.17, 15) is 5.11 Å². The van der Waals surface area contributed by atoms with Crippen molar-refractivity contribution in [2.24, 2.45) is 5.73 Å². The van der Waals surface area contributed by atoms with E-state index in [4.69, 9.17) is 10.5 Å². The Morgan fingerprint density at radius 2 is 1.86 bits per heavy atom. The topological polar surface area (TPSA) is 80.4 Å². The lowest BCUT2D eigenvalue weighted by molar-refractivity contribution is 0.126. The quantitative estimate of drug-likeness (QED) is 0.569. The first-order valence-corrected chi connectivity index (χ1v) is 10.2. The van der Waals surface area contributed by atoms with Gasteiger partial charge in [-0.1, -0.05) is 30.3 Å². The van der Waals surface area contributed by atoms with E-state index in [1.54, 1.807) is 12.4 Å². The van der Waals surface area contributed by atoms with Crippen LogP contribution in [0.3, 0.4) is 0 Å². The highest BCUT2D eigenvalue weighted by Gasteiger charge is 2.20. The van der Waals surface area contributed by atoms with Crippen molar-refractivity contribution in [3.63, 3.8) is 0 Å². The molecule has 0 unspecified atom stereocenters. The van der Waals surface area contributed by atoms with Gasteiger partial charge in [0, 0.05) is 30.0 Å². The molecule has 5 heteroatoms. The zero-order valence-corrected chi connectivity index (χ0v) is 16.4. The number of nitrogens with two attached hydrogens (primary N) is 1. The first-order chi connectivity index (χ1) is 14.2. The van der Waals surface area contributed by atoms with Crippen molar-refractivity contribution in [3.05, 3.63) is 72.6 Å². The molecule has 1 aliphatic carbocycles. The molecular weight excluding hydrogens is 362 g/mol. The maximum atomic E-state index is 9.77. The van der Waals surface area contributed by atoms with Gasteiger partial charge in [-0.2, -0.15) is 0 Å². The molecule has 1 saturated carbocycles. The molecule has 3 aromatic rings. The predicted octanol–water partition coefficient (Wildman–Crippen LogP) is 4.72. The molecular formula is C24H27N3O2. The summed E-state index contributed by atoms with van der Waals surface area (Å²) in [6.07, 6.45) is 6.90. The Kier molecular flexibility index (Phi) is 6.08. The summed E-state index contributed by atoms with van der Waals surface area (Å²) in [5.41, 5.74) is 10.2. The van der Waals surface area contributed by atoms with Crippen LogP contribution in [0.5, 0.6) is 11.5 Å². The van der Waals surface area contributed by atoms with E-state index in [0.717, 1.165) is 53.8 Å². The van der Waals surface area contributed by atoms with E-state index in [0.29, 0.717) is 18.3 Å². The van der Waals surface area contributed by atoms with Crippen LogP contribution in [0.1, 0.15) is 31.2 Å². The standard InChI is InChI=1S/C24H27N3O2/c25-15-18-8-7-17(14-23(18)27-19-9-11-20(28)12-10-19)22-5-1-2-6-24(22)29-21-4-3-13-26-16-21/h1-8,13-14,16,19-20,27-28H,9-12,15,25H2. The fourth-order valence-electron chi connectivity index (χ4n) is 3.82. The van der Waals surface area contributed by atoms with Crippen molar-refractivity contribution in [3.8, 4) is 22.6 Å². The van der Waals surface area contributed by atoms with Gasteiger partial charge in [-0.05, 0) is 61.1 Å². The SMILES string of the molecule is NCc1ccc(-c2ccccc2Oc2cccnc2)cc1NC1CCC(O)CC1. The number of hydrogen-bond donors (Lipinski definition) is 3. The van der Waals surface area contributed by atoms with Crippen LogP contribution >= 0.6 is 0 Å². The van der Waals surface area contributed by atoms with Crippen LogP contribution in [-0.2, 0) is 6.54 Å². The number of nitrogens with zero attached hydrogens (tertiary/aromatic N) is 1. The molecule has 0 radical (unpaired) electrons. The van der Waals surface area contributed by atoms with Gasteiger partial charge in [-0.15, -0.1) is 0 Å². The predicted molar refractivity (Wildman–Crippen MR) is 116 cm³/mol. The number of rotatable bonds is 6. The van der Waals surface area contributed by atoms with Gasteiger partial charge in [0.25, 0.3) is 0 Å². The Morgan fingerprint density at radius 3 is 2.62 bits per heavy atom. The van der Waals surface area contributed by atoms with E-state index >= 15 is 0 Å². The van der Waals surface area contributed by atoms with Gasteiger partial charge in [0.15, 0.2) is 0 Å². The summed E-state index contributed by atoms with van der Waals surface area (Å²) in [5.74, 6) is 1.49. The van der Waals surface area contributed by atoms with E-state index in [1.165, 1.54) is 0 Å². The number of benzene rings is 2. The third-order valence-electron chi connectivity index (χ3n) is 5.45. The molecule has 5 nitrogen and oxygen atoms in total. The lowest BCUT2D eigenvalue weighted by Crippen LogP contribution is -2.28. The molecule has 4 N–H and O–H groups in total. The molecule has 2 aromatic carbocycles. The Labute approximate surface area is 171 Å². The number of aliphatic hydroxyl groups excluding tert-OH is 1. The average Bonchev–Trinajstić information content (AvgIpc) is 2.76. The molecule has 0 aliphatic heterocycles. The maximum Gasteiger partial charge on any atom is 0.145 e. The van der Waals surface area contributed by atoms with Gasteiger partial charge >= 0.3 is 0 Å². The van der Waals surface area contributed by atoms with E-state index < -0.39 is 0 Å². The summed E-state index contributed by atoms with van der Waals surface area (Å²) in [4.78, 5) is 4.12. The Balaban J connectivity index is 1.62. The summed E-state index contributed by atoms with van der Waals surface area (Å²) in [6.45, 7) is 0.478. The molecule has 29 heavy (non-hydrogen) atoms. The Bertz CT molecular complexity index is 938. The van der Waals surface area contributed by atoms with Gasteiger partial charge in [-0.25, -0.2) is 0 Å². The number of anilines is 1. The van der Waals surface area contributed by atoms with Crippen molar-refractivity contribution in [2.45, 2.75) is 44.4 Å². The fourth-order valence-corrected chi connectivity index (χ4v) is 3.82. The molecule has 150 valence electrons. The van der Waals surface area contributed by atoms with Crippen LogP contribution in [0.2, 0.25) is 0 Å². The maximum absolute atomic E-state index is 9.77. The zero-order chi connectivity index (χ0) is 20.1. The first-order valence-electron chi connectivity index (χ1n) is 10.2. The Morgan fingerprint density at radius 1 is 1.03 bits per heavy atom. The molecule has 1 aliphatic rings. The van der Waals surface area contributed by atoms with E-state index in [-0.39, 0.29) is 6.10 Å². The summed E-state index contributed by atoms with van der Waals surface area (Å²) in [6, 6.07) is 18.4. The highest BCUT2D eigenvalue weighted by molar-refractivity contribution is 5.75. The van der Waals surface area contributed by atoms with Crippen LogP contribution in [-0.4, -0.2) is 22.2 Å². The fraction of sp³-hybridized carbons (Fsp3) is 0.292. The van der Waals surface area contributed by atoms with Crippen LogP contribution in [0, 0.1) is 0 Å². The van der Waals surface area contributed by atoms with Crippen molar-refractivity contribution in [2.75, 3.05) is 5.32 Å². The third-order valence-corrected chi connectivity index (χ3v) is 5.45. The second-order valence-electron chi connectivity index (χ2n) is 7.51. The third kappa shape index (κ3) is 4.75. The number of para-hydroxylation sites is 1. The molecule has 0 saturated heterocycles. The molecule has 1 fully saturated rings. The molecule has 0 bridgehead atoms. The minimum absolute atomic E-state index is 0.162. The van der Waals surface area contributed by atoms with Crippen molar-refractivity contribution >= 4 is 5.69 Å². The largest absolute Gasteiger partial charge is 0.455 e. The normalized spacial score (nSPS) is 19.0. The molecule has 0 atom stereocenters. The summed E-state index contributed by atoms with van der Waals surface area (Å²) in [5, 5.41) is 13.4. The lowest BCUT2D eigenvalue weighted by Gasteiger charge is -2.28. The highest BCUT2D eigenvalue weighted by Crippen LogP contribution is 2.35. The molecule has 0 spiro atoms. The molecule has 0 amide bonds. The molecule has 4 rings (SSSR count).